The Bertz CT molecular complexity index is 546. The molecule has 1 atom stereocenters. The summed E-state index contributed by atoms with van der Waals surface area (Å²) in [4.78, 5) is 19.5. The highest BCUT2D eigenvalue weighted by Gasteiger charge is 2.23. The highest BCUT2D eigenvalue weighted by Crippen LogP contribution is 2.28. The molecular formula is C15H21N3O4. The zero-order valence-electron chi connectivity index (χ0n) is 12.4. The third-order valence-corrected chi connectivity index (χ3v) is 4.15. The molecule has 1 unspecified atom stereocenters. The van der Waals surface area contributed by atoms with Crippen molar-refractivity contribution in [3.63, 3.8) is 0 Å². The lowest BCUT2D eigenvalue weighted by molar-refractivity contribution is 0.0690. The molecule has 0 saturated carbocycles. The number of morpholine rings is 1. The van der Waals surface area contributed by atoms with Gasteiger partial charge in [-0.3, -0.25) is 0 Å². The first-order valence-electron chi connectivity index (χ1n) is 7.68. The first kappa shape index (κ1) is 15.1. The number of aromatic nitrogens is 1. The van der Waals surface area contributed by atoms with E-state index in [1.807, 2.05) is 15.9 Å². The Balaban J connectivity index is 1.94. The van der Waals surface area contributed by atoms with E-state index in [-0.39, 0.29) is 5.69 Å². The van der Waals surface area contributed by atoms with Crippen molar-refractivity contribution in [1.82, 2.24) is 4.98 Å². The number of carboxylic acids is 1. The minimum Gasteiger partial charge on any atom is -0.477 e. The average molecular weight is 307 g/mol. The summed E-state index contributed by atoms with van der Waals surface area (Å²) in [5.41, 5.74) is 0.734. The maximum Gasteiger partial charge on any atom is 0.354 e. The van der Waals surface area contributed by atoms with E-state index in [0.29, 0.717) is 38.5 Å². The fourth-order valence-electron chi connectivity index (χ4n) is 2.95. The second kappa shape index (κ2) is 6.50. The van der Waals surface area contributed by atoms with Gasteiger partial charge in [-0.15, -0.1) is 0 Å². The monoisotopic (exact) mass is 307 g/mol. The smallest absolute Gasteiger partial charge is 0.354 e. The third-order valence-electron chi connectivity index (χ3n) is 4.15. The Morgan fingerprint density at radius 1 is 1.23 bits per heavy atom. The Morgan fingerprint density at radius 3 is 2.68 bits per heavy atom. The van der Waals surface area contributed by atoms with Crippen molar-refractivity contribution >= 4 is 17.5 Å². The SMILES string of the molecule is O=C(O)c1cc(N2CCCCC2O)cc(N2CCOCC2)n1. The van der Waals surface area contributed by atoms with Crippen molar-refractivity contribution in [3.8, 4) is 0 Å². The van der Waals surface area contributed by atoms with Crippen LogP contribution in [0.2, 0.25) is 0 Å². The summed E-state index contributed by atoms with van der Waals surface area (Å²) >= 11 is 0. The lowest BCUT2D eigenvalue weighted by Crippen LogP contribution is -2.40. The van der Waals surface area contributed by atoms with Crippen LogP contribution in [-0.2, 0) is 4.74 Å². The zero-order chi connectivity index (χ0) is 15.5. The van der Waals surface area contributed by atoms with Crippen LogP contribution in [0, 0.1) is 0 Å². The molecule has 2 fully saturated rings. The number of pyridine rings is 1. The lowest BCUT2D eigenvalue weighted by Gasteiger charge is -2.35. The molecule has 1 aromatic heterocycles. The topological polar surface area (TPSA) is 86.1 Å². The molecule has 2 N–H and O–H groups in total. The van der Waals surface area contributed by atoms with E-state index in [0.717, 1.165) is 25.1 Å². The molecule has 1 aromatic rings. The van der Waals surface area contributed by atoms with Gasteiger partial charge in [-0.2, -0.15) is 0 Å². The molecule has 0 aromatic carbocycles. The van der Waals surface area contributed by atoms with Gasteiger partial charge in [0.2, 0.25) is 0 Å². The van der Waals surface area contributed by atoms with Gasteiger partial charge < -0.3 is 24.7 Å². The van der Waals surface area contributed by atoms with Crippen LogP contribution >= 0.6 is 0 Å². The van der Waals surface area contributed by atoms with E-state index < -0.39 is 12.2 Å². The van der Waals surface area contributed by atoms with Gasteiger partial charge in [0.25, 0.3) is 0 Å². The maximum atomic E-state index is 11.4. The molecule has 7 heteroatoms. The Hall–Kier alpha value is -1.86. The summed E-state index contributed by atoms with van der Waals surface area (Å²) in [5.74, 6) is -0.418. The number of hydrogen-bond acceptors (Lipinski definition) is 6. The quantitative estimate of drug-likeness (QED) is 0.859. The molecule has 2 aliphatic rings. The molecule has 0 radical (unpaired) electrons. The molecule has 120 valence electrons. The summed E-state index contributed by atoms with van der Waals surface area (Å²) in [6, 6.07) is 3.41. The Labute approximate surface area is 129 Å². The lowest BCUT2D eigenvalue weighted by atomic mass is 10.1. The molecule has 3 heterocycles. The third kappa shape index (κ3) is 3.15. The molecule has 0 aliphatic carbocycles. The van der Waals surface area contributed by atoms with E-state index in [9.17, 15) is 15.0 Å². The van der Waals surface area contributed by atoms with Gasteiger partial charge in [0.15, 0.2) is 5.69 Å². The number of ether oxygens (including phenoxy) is 1. The Kier molecular flexibility index (Phi) is 4.44. The van der Waals surface area contributed by atoms with Crippen molar-refractivity contribution in [1.29, 1.82) is 0 Å². The second-order valence-electron chi connectivity index (χ2n) is 5.64. The fourth-order valence-corrected chi connectivity index (χ4v) is 2.95. The van der Waals surface area contributed by atoms with E-state index in [2.05, 4.69) is 4.98 Å². The molecule has 2 saturated heterocycles. The van der Waals surface area contributed by atoms with Gasteiger partial charge in [0.1, 0.15) is 12.0 Å². The van der Waals surface area contributed by atoms with Gasteiger partial charge in [0, 0.05) is 31.4 Å². The molecule has 22 heavy (non-hydrogen) atoms. The molecule has 2 aliphatic heterocycles. The number of rotatable bonds is 3. The van der Waals surface area contributed by atoms with Crippen molar-refractivity contribution in [3.05, 3.63) is 17.8 Å². The van der Waals surface area contributed by atoms with Crippen molar-refractivity contribution in [2.45, 2.75) is 25.5 Å². The first-order valence-corrected chi connectivity index (χ1v) is 7.68. The van der Waals surface area contributed by atoms with Crippen molar-refractivity contribution in [2.75, 3.05) is 42.6 Å². The molecule has 0 bridgehead atoms. The second-order valence-corrected chi connectivity index (χ2v) is 5.64. The van der Waals surface area contributed by atoms with E-state index >= 15 is 0 Å². The van der Waals surface area contributed by atoms with Crippen LogP contribution in [0.25, 0.3) is 0 Å². The standard InChI is InChI=1S/C15H21N3O4/c19-14-3-1-2-4-18(14)11-9-12(15(20)21)16-13(10-11)17-5-7-22-8-6-17/h9-10,14,19H,1-8H2,(H,20,21). The highest BCUT2D eigenvalue weighted by molar-refractivity contribution is 5.87. The minimum absolute atomic E-state index is 0.0109. The number of aromatic carboxylic acids is 1. The summed E-state index contributed by atoms with van der Waals surface area (Å²) < 4.78 is 5.33. The molecule has 7 nitrogen and oxygen atoms in total. The molecular weight excluding hydrogens is 286 g/mol. The number of carboxylic acid groups (broad SMARTS) is 1. The fraction of sp³-hybridized carbons (Fsp3) is 0.600. The van der Waals surface area contributed by atoms with Gasteiger partial charge in [-0.25, -0.2) is 9.78 Å². The van der Waals surface area contributed by atoms with E-state index in [1.165, 1.54) is 0 Å². The summed E-state index contributed by atoms with van der Waals surface area (Å²) in [7, 11) is 0. The number of aliphatic hydroxyl groups is 1. The number of anilines is 2. The average Bonchev–Trinajstić information content (AvgIpc) is 2.55. The summed E-state index contributed by atoms with van der Waals surface area (Å²) in [6.07, 6.45) is 2.13. The normalized spacial score (nSPS) is 22.7. The largest absolute Gasteiger partial charge is 0.477 e. The van der Waals surface area contributed by atoms with Crippen LogP contribution in [0.5, 0.6) is 0 Å². The highest BCUT2D eigenvalue weighted by atomic mass is 16.5. The summed E-state index contributed by atoms with van der Waals surface area (Å²) in [5, 5.41) is 19.5. The minimum atomic E-state index is -1.05. The van der Waals surface area contributed by atoms with Crippen LogP contribution in [0.1, 0.15) is 29.8 Å². The Morgan fingerprint density at radius 2 is 2.00 bits per heavy atom. The number of carbonyl (C=O) groups is 1. The van der Waals surface area contributed by atoms with Crippen LogP contribution in [-0.4, -0.2) is 60.2 Å². The number of nitrogens with zero attached hydrogens (tertiary/aromatic N) is 3. The van der Waals surface area contributed by atoms with Gasteiger partial charge in [-0.1, -0.05) is 0 Å². The van der Waals surface area contributed by atoms with Crippen molar-refractivity contribution in [2.24, 2.45) is 0 Å². The van der Waals surface area contributed by atoms with Gasteiger partial charge >= 0.3 is 5.97 Å². The predicted octanol–water partition coefficient (Wildman–Crippen LogP) is 0.925. The van der Waals surface area contributed by atoms with Crippen LogP contribution in [0.4, 0.5) is 11.5 Å². The van der Waals surface area contributed by atoms with Crippen molar-refractivity contribution < 1.29 is 19.7 Å². The zero-order valence-corrected chi connectivity index (χ0v) is 12.4. The van der Waals surface area contributed by atoms with Gasteiger partial charge in [-0.05, 0) is 25.3 Å². The van der Waals surface area contributed by atoms with Crippen LogP contribution in [0.15, 0.2) is 12.1 Å². The molecule has 0 spiro atoms. The molecule has 0 amide bonds. The first-order chi connectivity index (χ1) is 10.6. The van der Waals surface area contributed by atoms with Crippen LogP contribution < -0.4 is 9.80 Å². The number of piperidine rings is 1. The predicted molar refractivity (Wildman–Crippen MR) is 81.4 cm³/mol. The van der Waals surface area contributed by atoms with Crippen LogP contribution in [0.3, 0.4) is 0 Å². The maximum absolute atomic E-state index is 11.4. The van der Waals surface area contributed by atoms with E-state index in [1.54, 1.807) is 6.07 Å². The summed E-state index contributed by atoms with van der Waals surface area (Å²) in [6.45, 7) is 3.34. The van der Waals surface area contributed by atoms with E-state index in [4.69, 9.17) is 4.74 Å². The number of aliphatic hydroxyl groups excluding tert-OH is 1. The molecule has 3 rings (SSSR count). The van der Waals surface area contributed by atoms with Gasteiger partial charge in [0.05, 0.1) is 13.2 Å². The number of hydrogen-bond donors (Lipinski definition) is 2.